The number of rotatable bonds is 32. The van der Waals surface area contributed by atoms with E-state index in [4.69, 9.17) is 0 Å². The van der Waals surface area contributed by atoms with Crippen molar-refractivity contribution in [3.05, 3.63) is 0 Å². The number of hydrogen-bond acceptors (Lipinski definition) is 0. The van der Waals surface area contributed by atoms with Crippen LogP contribution in [-0.4, -0.2) is 58.4 Å². The zero-order valence-corrected chi connectivity index (χ0v) is 36.0. The van der Waals surface area contributed by atoms with Crippen LogP contribution in [0.3, 0.4) is 0 Å². The van der Waals surface area contributed by atoms with Crippen LogP contribution in [0.1, 0.15) is 215 Å². The number of hydrogen-bond donors (Lipinski definition) is 0. The molecular formula is C40H92B2Mg2-2. The molecule has 0 aromatic heterocycles. The van der Waals surface area contributed by atoms with Gasteiger partial charge in [0.2, 0.25) is 0 Å². The van der Waals surface area contributed by atoms with Gasteiger partial charge in [-0.2, -0.15) is 50.6 Å². The molecule has 0 aromatic rings. The van der Waals surface area contributed by atoms with Gasteiger partial charge in [-0.15, -0.1) is 0 Å². The maximum Gasteiger partial charge on any atom is 2.00 e. The SMILES string of the molecule is CCCCC[B-](CCCCC)(CCCCC)CCCCC.CCCCC[B-](CCCCC)(CCCCC)CCCCC.[H-].[H-].[H-].[H-].[Mg+2].[Mg+2]. The van der Waals surface area contributed by atoms with Crippen LogP contribution in [0.2, 0.25) is 50.6 Å². The molecule has 0 heterocycles. The van der Waals surface area contributed by atoms with Crippen molar-refractivity contribution in [2.45, 2.75) is 260 Å². The third kappa shape index (κ3) is 32.2. The fraction of sp³-hybridized carbons (Fsp3) is 1.00. The Labute approximate surface area is 322 Å². The van der Waals surface area contributed by atoms with Crippen LogP contribution in [0.15, 0.2) is 0 Å². The smallest absolute Gasteiger partial charge is 1.00 e. The summed E-state index contributed by atoms with van der Waals surface area (Å²) in [5, 5.41) is 0. The van der Waals surface area contributed by atoms with E-state index in [9.17, 15) is 0 Å². The molecule has 0 fully saturated rings. The molecule has 0 unspecified atom stereocenters. The topological polar surface area (TPSA) is 0 Å². The molecule has 0 aliphatic rings. The molecule has 0 nitrogen and oxygen atoms in total. The Balaban J connectivity index is -0.0000000988. The summed E-state index contributed by atoms with van der Waals surface area (Å²) in [6.07, 6.45) is 47.2. The maximum absolute atomic E-state index is 2.35. The van der Waals surface area contributed by atoms with Gasteiger partial charge in [0.1, 0.15) is 0 Å². The van der Waals surface area contributed by atoms with Gasteiger partial charge < -0.3 is 5.71 Å². The van der Waals surface area contributed by atoms with E-state index < -0.39 is 0 Å². The molecule has 0 N–H and O–H groups in total. The van der Waals surface area contributed by atoms with Crippen molar-refractivity contribution in [1.29, 1.82) is 0 Å². The molecule has 264 valence electrons. The predicted molar refractivity (Wildman–Crippen MR) is 222 cm³/mol. The van der Waals surface area contributed by atoms with Crippen LogP contribution in [-0.2, 0) is 0 Å². The Morgan fingerprint density at radius 3 is 0.432 bits per heavy atom. The van der Waals surface area contributed by atoms with E-state index in [0.717, 1.165) is 0 Å². The first kappa shape index (κ1) is 52.5. The fourth-order valence-corrected chi connectivity index (χ4v) is 8.35. The molecule has 44 heavy (non-hydrogen) atoms. The van der Waals surface area contributed by atoms with E-state index in [0.29, 0.717) is 0 Å². The van der Waals surface area contributed by atoms with E-state index in [-0.39, 0.29) is 64.1 Å². The second-order valence-corrected chi connectivity index (χ2v) is 15.4. The minimum Gasteiger partial charge on any atom is -1.00 e. The van der Waals surface area contributed by atoms with Gasteiger partial charge in [0.25, 0.3) is 0 Å². The van der Waals surface area contributed by atoms with Crippen molar-refractivity contribution in [3.63, 3.8) is 0 Å². The first-order valence-electron chi connectivity index (χ1n) is 20.9. The summed E-state index contributed by atoms with van der Waals surface area (Å²) in [4.78, 5) is 0. The maximum atomic E-state index is 2.35. The van der Waals surface area contributed by atoms with Gasteiger partial charge in [-0.1, -0.05) is 209 Å². The van der Waals surface area contributed by atoms with Gasteiger partial charge in [-0.05, 0) is 0 Å². The standard InChI is InChI=1S/2C20H44B.2Mg.4H/c2*1-5-9-13-17-21(18-14-10-6-2,19-15-11-7-3)20-16-12-8-4;;;;;;/h2*5-20H2,1-4H3;;;;;;/q2*-1;2*+2;4*-1. The summed E-state index contributed by atoms with van der Waals surface area (Å²) < 4.78 is 0. The fourth-order valence-electron chi connectivity index (χ4n) is 8.35. The summed E-state index contributed by atoms with van der Waals surface area (Å²) in [7, 11) is 0. The molecule has 0 aliphatic carbocycles. The largest absolute Gasteiger partial charge is 2.00 e. The van der Waals surface area contributed by atoms with Crippen LogP contribution in [0.25, 0.3) is 0 Å². The Bertz CT molecular complexity index is 385. The van der Waals surface area contributed by atoms with Crippen molar-refractivity contribution in [3.8, 4) is 0 Å². The van der Waals surface area contributed by atoms with Gasteiger partial charge in [0.15, 0.2) is 0 Å². The first-order valence-corrected chi connectivity index (χ1v) is 20.9. The summed E-state index contributed by atoms with van der Waals surface area (Å²) in [5.41, 5.74) is 0. The zero-order chi connectivity index (χ0) is 31.6. The average Bonchev–Trinajstić information content (AvgIpc) is 2.98. The van der Waals surface area contributed by atoms with Crippen molar-refractivity contribution < 1.29 is 5.71 Å². The van der Waals surface area contributed by atoms with Gasteiger partial charge in [0, 0.05) is 12.3 Å². The van der Waals surface area contributed by atoms with Crippen LogP contribution in [0, 0.1) is 0 Å². The van der Waals surface area contributed by atoms with Crippen LogP contribution in [0.4, 0.5) is 0 Å². The molecule has 0 saturated heterocycles. The Kier molecular flexibility index (Phi) is 48.7. The third-order valence-corrected chi connectivity index (χ3v) is 11.4. The van der Waals surface area contributed by atoms with E-state index in [1.54, 1.807) is 50.6 Å². The molecule has 0 aromatic carbocycles. The van der Waals surface area contributed by atoms with Gasteiger partial charge in [-0.25, -0.2) is 0 Å². The Morgan fingerprint density at radius 2 is 0.341 bits per heavy atom. The van der Waals surface area contributed by atoms with Crippen molar-refractivity contribution in [1.82, 2.24) is 0 Å². The minimum absolute atomic E-state index is 0. The molecule has 0 saturated carbocycles. The van der Waals surface area contributed by atoms with Gasteiger partial charge in [-0.3, -0.25) is 0 Å². The first-order chi connectivity index (χ1) is 20.5. The second-order valence-electron chi connectivity index (χ2n) is 15.4. The van der Waals surface area contributed by atoms with Crippen LogP contribution in [0.5, 0.6) is 0 Å². The summed E-state index contributed by atoms with van der Waals surface area (Å²) in [5.74, 6) is 0. The quantitative estimate of drug-likeness (QED) is 0.0506. The van der Waals surface area contributed by atoms with Crippen LogP contribution < -0.4 is 0 Å². The minimum atomic E-state index is -0.0383. The molecule has 0 bridgehead atoms. The van der Waals surface area contributed by atoms with Crippen molar-refractivity contribution in [2.24, 2.45) is 0 Å². The van der Waals surface area contributed by atoms with E-state index >= 15 is 0 Å². The van der Waals surface area contributed by atoms with Crippen LogP contribution >= 0.6 is 0 Å². The summed E-state index contributed by atoms with van der Waals surface area (Å²) in [6.45, 7) is 18.8. The molecule has 0 aliphatic heterocycles. The molecule has 0 amide bonds. The predicted octanol–water partition coefficient (Wildman–Crippen LogP) is 16.1. The van der Waals surface area contributed by atoms with Crippen molar-refractivity contribution in [2.75, 3.05) is 0 Å². The van der Waals surface area contributed by atoms with Crippen molar-refractivity contribution >= 4 is 58.4 Å². The average molecular weight is 643 g/mol. The molecule has 0 rings (SSSR count). The third-order valence-electron chi connectivity index (χ3n) is 11.4. The Hall–Kier alpha value is 1.66. The molecule has 4 heteroatoms. The number of unbranched alkanes of at least 4 members (excludes halogenated alkanes) is 16. The zero-order valence-electron chi connectivity index (χ0n) is 37.2. The molecule has 0 spiro atoms. The van der Waals surface area contributed by atoms with E-state index in [1.165, 1.54) is 154 Å². The van der Waals surface area contributed by atoms with E-state index in [2.05, 4.69) is 55.4 Å². The van der Waals surface area contributed by atoms with Gasteiger partial charge in [0.05, 0.1) is 0 Å². The van der Waals surface area contributed by atoms with E-state index in [1.807, 2.05) is 0 Å². The Morgan fingerprint density at radius 1 is 0.227 bits per heavy atom. The molecular weight excluding hydrogens is 551 g/mol. The second kappa shape index (κ2) is 40.8. The summed E-state index contributed by atoms with van der Waals surface area (Å²) >= 11 is 0. The normalized spacial score (nSPS) is 11.5. The molecule has 0 atom stereocenters. The monoisotopic (exact) mass is 643 g/mol. The summed E-state index contributed by atoms with van der Waals surface area (Å²) in [6, 6.07) is 0. The van der Waals surface area contributed by atoms with Gasteiger partial charge >= 0.3 is 46.1 Å². The molecule has 0 radical (unpaired) electrons.